The van der Waals surface area contributed by atoms with Gasteiger partial charge >= 0.3 is 0 Å². The molecule has 2 saturated heterocycles. The molecule has 2 fully saturated rings. The van der Waals surface area contributed by atoms with Crippen molar-refractivity contribution in [2.24, 2.45) is 4.99 Å². The highest BCUT2D eigenvalue weighted by atomic mass is 127. The van der Waals surface area contributed by atoms with Crippen molar-refractivity contribution in [1.82, 2.24) is 20.4 Å². The number of nitrogens with one attached hydrogen (secondary N) is 2. The predicted octanol–water partition coefficient (Wildman–Crippen LogP) is 1.66. The number of hydrogen-bond donors (Lipinski definition) is 2. The second-order valence-corrected chi connectivity index (χ2v) is 8.13. The van der Waals surface area contributed by atoms with E-state index in [2.05, 4.69) is 42.9 Å². The van der Waals surface area contributed by atoms with Crippen LogP contribution in [0.3, 0.4) is 0 Å². The molecule has 0 aliphatic carbocycles. The Balaban J connectivity index is 0.00000280. The second kappa shape index (κ2) is 11.8. The molecule has 1 aromatic heterocycles. The lowest BCUT2D eigenvalue weighted by atomic mass is 10.1. The van der Waals surface area contributed by atoms with Gasteiger partial charge in [-0.05, 0) is 30.4 Å². The maximum atomic E-state index is 11.4. The number of piperazine rings is 1. The molecule has 2 aliphatic rings. The number of aliphatic imine (C=N–C) groups is 1. The number of nitrogens with zero attached hydrogens (tertiary/aromatic N) is 4. The molecule has 1 amide bonds. The summed E-state index contributed by atoms with van der Waals surface area (Å²) in [6.07, 6.45) is 2.26. The number of piperidine rings is 1. The average Bonchev–Trinajstić information content (AvgIpc) is 3.23. The molecule has 0 bridgehead atoms. The number of carbonyl (C=O) groups is 1. The molecule has 0 unspecified atom stereocenters. The SMILES string of the molecule is CN=C(NCCN1CCN(C(C)=O)CC1)NC1CCN(c2cccs2)CC1.I. The van der Waals surface area contributed by atoms with Gasteiger partial charge in [0.1, 0.15) is 0 Å². The van der Waals surface area contributed by atoms with E-state index in [9.17, 15) is 4.79 Å². The van der Waals surface area contributed by atoms with Gasteiger partial charge in [0.15, 0.2) is 5.96 Å². The highest BCUT2D eigenvalue weighted by Crippen LogP contribution is 2.24. The maximum absolute atomic E-state index is 11.4. The first-order valence-corrected chi connectivity index (χ1v) is 10.8. The van der Waals surface area contributed by atoms with Crippen LogP contribution in [0.25, 0.3) is 0 Å². The zero-order valence-corrected chi connectivity index (χ0v) is 20.0. The minimum absolute atomic E-state index is 0. The maximum Gasteiger partial charge on any atom is 0.219 e. The molecule has 0 atom stereocenters. The van der Waals surface area contributed by atoms with Crippen molar-refractivity contribution in [1.29, 1.82) is 0 Å². The van der Waals surface area contributed by atoms with Crippen LogP contribution in [0.4, 0.5) is 5.00 Å². The number of anilines is 1. The second-order valence-electron chi connectivity index (χ2n) is 7.20. The fourth-order valence-electron chi connectivity index (χ4n) is 3.70. The zero-order valence-electron chi connectivity index (χ0n) is 16.9. The normalized spacial score (nSPS) is 19.3. The lowest BCUT2D eigenvalue weighted by molar-refractivity contribution is -0.130. The number of halogens is 1. The quantitative estimate of drug-likeness (QED) is 0.352. The molecule has 0 saturated carbocycles. The number of carbonyl (C=O) groups excluding carboxylic acids is 1. The van der Waals surface area contributed by atoms with E-state index in [1.165, 1.54) is 5.00 Å². The van der Waals surface area contributed by atoms with Gasteiger partial charge in [0.25, 0.3) is 0 Å². The van der Waals surface area contributed by atoms with Gasteiger partial charge in [-0.15, -0.1) is 35.3 Å². The van der Waals surface area contributed by atoms with Crippen molar-refractivity contribution in [3.63, 3.8) is 0 Å². The minimum Gasteiger partial charge on any atom is -0.363 e. The molecule has 2 aliphatic heterocycles. The van der Waals surface area contributed by atoms with Crippen molar-refractivity contribution in [3.8, 4) is 0 Å². The summed E-state index contributed by atoms with van der Waals surface area (Å²) in [6.45, 7) is 9.26. The molecule has 2 N–H and O–H groups in total. The molecule has 158 valence electrons. The molecule has 0 spiro atoms. The predicted molar refractivity (Wildman–Crippen MR) is 128 cm³/mol. The van der Waals surface area contributed by atoms with Gasteiger partial charge in [-0.2, -0.15) is 0 Å². The standard InChI is InChI=1S/C19H32N6OS.HI/c1-16(26)24-13-11-23(12-14-24)10-7-21-19(20-2)22-17-5-8-25(9-6-17)18-4-3-15-27-18;/h3-4,15,17H,5-14H2,1-2H3,(H2,20,21,22);1H. The summed E-state index contributed by atoms with van der Waals surface area (Å²) in [7, 11) is 1.84. The van der Waals surface area contributed by atoms with Crippen LogP contribution in [0.15, 0.2) is 22.5 Å². The molecule has 28 heavy (non-hydrogen) atoms. The van der Waals surface area contributed by atoms with Crippen LogP contribution in [0.1, 0.15) is 19.8 Å². The molecule has 0 radical (unpaired) electrons. The first kappa shape index (κ1) is 23.2. The summed E-state index contributed by atoms with van der Waals surface area (Å²) in [5, 5.41) is 10.5. The average molecular weight is 520 g/mol. The van der Waals surface area contributed by atoms with Crippen molar-refractivity contribution in [3.05, 3.63) is 17.5 Å². The minimum atomic E-state index is 0. The molecular formula is C19H33IN6OS. The first-order valence-electron chi connectivity index (χ1n) is 9.89. The summed E-state index contributed by atoms with van der Waals surface area (Å²) >= 11 is 1.82. The van der Waals surface area contributed by atoms with E-state index in [1.54, 1.807) is 6.92 Å². The molecule has 3 heterocycles. The summed E-state index contributed by atoms with van der Waals surface area (Å²) in [5.74, 6) is 1.08. The highest BCUT2D eigenvalue weighted by molar-refractivity contribution is 14.0. The molecule has 9 heteroatoms. The number of amides is 1. The van der Waals surface area contributed by atoms with Crippen molar-refractivity contribution in [2.75, 3.05) is 64.3 Å². The summed E-state index contributed by atoms with van der Waals surface area (Å²) in [5.41, 5.74) is 0. The van der Waals surface area contributed by atoms with E-state index in [-0.39, 0.29) is 29.9 Å². The first-order chi connectivity index (χ1) is 13.2. The van der Waals surface area contributed by atoms with Gasteiger partial charge < -0.3 is 20.4 Å². The van der Waals surface area contributed by atoms with Gasteiger partial charge in [-0.25, -0.2) is 0 Å². The third-order valence-corrected chi connectivity index (χ3v) is 6.34. The van der Waals surface area contributed by atoms with Gasteiger partial charge in [-0.1, -0.05) is 0 Å². The Bertz CT molecular complexity index is 610. The number of guanidine groups is 1. The van der Waals surface area contributed by atoms with Crippen molar-refractivity contribution < 1.29 is 4.79 Å². The fourth-order valence-corrected chi connectivity index (χ4v) is 4.49. The molecule has 7 nitrogen and oxygen atoms in total. The highest BCUT2D eigenvalue weighted by Gasteiger charge is 2.21. The Morgan fingerprint density at radius 1 is 1.21 bits per heavy atom. The Morgan fingerprint density at radius 2 is 1.93 bits per heavy atom. The Kier molecular flexibility index (Phi) is 9.80. The third kappa shape index (κ3) is 6.77. The summed E-state index contributed by atoms with van der Waals surface area (Å²) in [4.78, 5) is 22.6. The Morgan fingerprint density at radius 3 is 2.50 bits per heavy atom. The van der Waals surface area contributed by atoms with E-state index < -0.39 is 0 Å². The monoisotopic (exact) mass is 520 g/mol. The van der Waals surface area contributed by atoms with Crippen LogP contribution in [0.5, 0.6) is 0 Å². The van der Waals surface area contributed by atoms with E-state index >= 15 is 0 Å². The van der Waals surface area contributed by atoms with E-state index in [4.69, 9.17) is 0 Å². The smallest absolute Gasteiger partial charge is 0.219 e. The fraction of sp³-hybridized carbons (Fsp3) is 0.684. The van der Waals surface area contributed by atoms with E-state index in [1.807, 2.05) is 23.3 Å². The van der Waals surface area contributed by atoms with Gasteiger partial charge in [0.05, 0.1) is 5.00 Å². The van der Waals surface area contributed by atoms with Crippen molar-refractivity contribution >= 4 is 52.2 Å². The van der Waals surface area contributed by atoms with Crippen LogP contribution in [-0.2, 0) is 4.79 Å². The van der Waals surface area contributed by atoms with E-state index in [0.717, 1.165) is 71.2 Å². The summed E-state index contributed by atoms with van der Waals surface area (Å²) in [6, 6.07) is 4.80. The number of rotatable bonds is 5. The topological polar surface area (TPSA) is 63.2 Å². The van der Waals surface area contributed by atoms with Gasteiger partial charge in [-0.3, -0.25) is 14.7 Å². The Hall–Kier alpha value is -1.07. The van der Waals surface area contributed by atoms with Crippen LogP contribution < -0.4 is 15.5 Å². The molecule has 3 rings (SSSR count). The lowest BCUT2D eigenvalue weighted by Gasteiger charge is -2.35. The lowest BCUT2D eigenvalue weighted by Crippen LogP contribution is -2.52. The summed E-state index contributed by atoms with van der Waals surface area (Å²) < 4.78 is 0. The van der Waals surface area contributed by atoms with Crippen LogP contribution in [0, 0.1) is 0 Å². The Labute approximate surface area is 189 Å². The van der Waals surface area contributed by atoms with Crippen LogP contribution in [0.2, 0.25) is 0 Å². The van der Waals surface area contributed by atoms with Crippen molar-refractivity contribution in [2.45, 2.75) is 25.8 Å². The third-order valence-electron chi connectivity index (χ3n) is 5.42. The zero-order chi connectivity index (χ0) is 19.1. The molecule has 1 aromatic rings. The number of hydrogen-bond acceptors (Lipinski definition) is 5. The largest absolute Gasteiger partial charge is 0.363 e. The molecule has 0 aromatic carbocycles. The van der Waals surface area contributed by atoms with E-state index in [0.29, 0.717) is 6.04 Å². The number of thiophene rings is 1. The van der Waals surface area contributed by atoms with Gasteiger partial charge in [0.2, 0.25) is 5.91 Å². The van der Waals surface area contributed by atoms with Gasteiger partial charge in [0, 0.05) is 72.4 Å². The van der Waals surface area contributed by atoms with Crippen LogP contribution in [-0.4, -0.2) is 87.1 Å². The van der Waals surface area contributed by atoms with Crippen LogP contribution >= 0.6 is 35.3 Å². The molecular weight excluding hydrogens is 487 g/mol.